The molecule has 1 heterocycles. The average Bonchev–Trinajstić information content (AvgIpc) is 3.19. The van der Waals surface area contributed by atoms with Gasteiger partial charge in [-0.25, -0.2) is 4.79 Å². The average molecular weight is 536 g/mol. The summed E-state index contributed by atoms with van der Waals surface area (Å²) >= 11 is 6.40. The number of anilines is 1. The molecule has 1 amide bonds. The first-order valence-corrected chi connectivity index (χ1v) is 12.3. The number of amides is 1. The molecule has 0 aromatic heterocycles. The number of esters is 1. The molecule has 0 bridgehead atoms. The Balaban J connectivity index is 1.90. The molecule has 3 aromatic rings. The number of nitrogens with zero attached hydrogens (tertiary/aromatic N) is 1. The van der Waals surface area contributed by atoms with Gasteiger partial charge in [-0.05, 0) is 74.0 Å². The largest absolute Gasteiger partial charge is 0.507 e. The molecular weight excluding hydrogens is 510 g/mol. The molecule has 38 heavy (non-hydrogen) atoms. The number of benzene rings is 3. The lowest BCUT2D eigenvalue weighted by Crippen LogP contribution is -2.29. The Labute approximate surface area is 225 Å². The zero-order valence-electron chi connectivity index (χ0n) is 21.1. The molecule has 1 aliphatic heterocycles. The Morgan fingerprint density at radius 2 is 1.71 bits per heavy atom. The van der Waals surface area contributed by atoms with E-state index in [1.165, 1.54) is 30.2 Å². The lowest BCUT2D eigenvalue weighted by molar-refractivity contribution is -0.132. The van der Waals surface area contributed by atoms with Crippen molar-refractivity contribution in [1.82, 2.24) is 0 Å². The fourth-order valence-electron chi connectivity index (χ4n) is 4.29. The summed E-state index contributed by atoms with van der Waals surface area (Å²) < 4.78 is 15.9. The Hall–Kier alpha value is -4.30. The minimum Gasteiger partial charge on any atom is -0.507 e. The van der Waals surface area contributed by atoms with Gasteiger partial charge in [0.1, 0.15) is 17.3 Å². The number of aliphatic hydroxyl groups excluding tert-OH is 1. The molecule has 1 aliphatic rings. The first kappa shape index (κ1) is 26.8. The molecule has 1 saturated heterocycles. The molecule has 0 radical (unpaired) electrons. The zero-order chi connectivity index (χ0) is 27.4. The molecule has 1 unspecified atom stereocenters. The van der Waals surface area contributed by atoms with E-state index in [1.807, 2.05) is 6.92 Å². The summed E-state index contributed by atoms with van der Waals surface area (Å²) in [6.45, 7) is 4.13. The summed E-state index contributed by atoms with van der Waals surface area (Å²) in [4.78, 5) is 40.2. The number of halogens is 1. The van der Waals surface area contributed by atoms with Gasteiger partial charge in [0, 0.05) is 11.3 Å². The number of Topliss-reactive ketones (excluding diaryl/α,β-unsaturated/α-hetero) is 1. The molecule has 1 fully saturated rings. The van der Waals surface area contributed by atoms with Crippen LogP contribution in [0.25, 0.3) is 5.76 Å². The number of ether oxygens (including phenoxy) is 3. The van der Waals surface area contributed by atoms with Gasteiger partial charge in [-0.3, -0.25) is 14.5 Å². The minimum atomic E-state index is -1.01. The van der Waals surface area contributed by atoms with Crippen molar-refractivity contribution < 1.29 is 33.7 Å². The standard InChI is InChI=1S/C29H26ClNO7/c1-4-37-21-13-14-23(30)22(16-21)26(32)24-25(18-7-6-8-20(15-18)36-3)31(28(34)27(24)33)19-11-9-17(10-12-19)29(35)38-5-2/h6-16,25,32H,4-5H2,1-3H3/b26-24+. The van der Waals surface area contributed by atoms with Crippen LogP contribution in [-0.2, 0) is 14.3 Å². The Kier molecular flexibility index (Phi) is 8.02. The molecule has 4 rings (SSSR count). The fourth-order valence-corrected chi connectivity index (χ4v) is 4.49. The van der Waals surface area contributed by atoms with E-state index in [-0.39, 0.29) is 22.8 Å². The van der Waals surface area contributed by atoms with Gasteiger partial charge in [0.2, 0.25) is 0 Å². The van der Waals surface area contributed by atoms with Crippen LogP contribution in [0.4, 0.5) is 5.69 Å². The minimum absolute atomic E-state index is 0.145. The maximum atomic E-state index is 13.4. The van der Waals surface area contributed by atoms with E-state index >= 15 is 0 Å². The van der Waals surface area contributed by atoms with Crippen LogP contribution >= 0.6 is 11.6 Å². The molecule has 0 aliphatic carbocycles. The quantitative estimate of drug-likeness (QED) is 0.174. The van der Waals surface area contributed by atoms with Crippen molar-refractivity contribution in [1.29, 1.82) is 0 Å². The van der Waals surface area contributed by atoms with E-state index < -0.39 is 29.5 Å². The van der Waals surface area contributed by atoms with Gasteiger partial charge < -0.3 is 19.3 Å². The predicted molar refractivity (Wildman–Crippen MR) is 143 cm³/mol. The highest BCUT2D eigenvalue weighted by molar-refractivity contribution is 6.52. The second kappa shape index (κ2) is 11.4. The van der Waals surface area contributed by atoms with Crippen LogP contribution in [0.1, 0.15) is 41.4 Å². The van der Waals surface area contributed by atoms with Gasteiger partial charge in [0.05, 0.1) is 42.5 Å². The number of methoxy groups -OCH3 is 1. The van der Waals surface area contributed by atoms with Crippen molar-refractivity contribution in [2.45, 2.75) is 19.9 Å². The number of aliphatic hydroxyl groups is 1. The number of carbonyl (C=O) groups is 3. The Morgan fingerprint density at radius 3 is 2.37 bits per heavy atom. The number of ketones is 1. The predicted octanol–water partition coefficient (Wildman–Crippen LogP) is 5.55. The fraction of sp³-hybridized carbons (Fsp3) is 0.207. The molecule has 1 N–H and O–H groups in total. The lowest BCUT2D eigenvalue weighted by Gasteiger charge is -2.26. The van der Waals surface area contributed by atoms with Crippen molar-refractivity contribution >= 4 is 40.7 Å². The maximum absolute atomic E-state index is 13.4. The Bertz CT molecular complexity index is 1410. The van der Waals surface area contributed by atoms with Crippen LogP contribution in [0.3, 0.4) is 0 Å². The van der Waals surface area contributed by atoms with Crippen LogP contribution in [0.2, 0.25) is 5.02 Å². The number of hydrogen-bond donors (Lipinski definition) is 1. The van der Waals surface area contributed by atoms with Crippen LogP contribution in [0.5, 0.6) is 11.5 Å². The second-order valence-corrected chi connectivity index (χ2v) is 8.69. The first-order valence-electron chi connectivity index (χ1n) is 12.0. The van der Waals surface area contributed by atoms with Gasteiger partial charge in [0.25, 0.3) is 11.7 Å². The highest BCUT2D eigenvalue weighted by Gasteiger charge is 2.47. The third-order valence-electron chi connectivity index (χ3n) is 6.01. The van der Waals surface area contributed by atoms with Gasteiger partial charge in [-0.1, -0.05) is 23.7 Å². The number of carbonyl (C=O) groups excluding carboxylic acids is 3. The van der Waals surface area contributed by atoms with Crippen molar-refractivity contribution in [3.05, 3.63) is 94.0 Å². The van der Waals surface area contributed by atoms with E-state index in [9.17, 15) is 19.5 Å². The monoisotopic (exact) mass is 535 g/mol. The summed E-state index contributed by atoms with van der Waals surface area (Å²) in [5, 5.41) is 11.6. The second-order valence-electron chi connectivity index (χ2n) is 8.29. The van der Waals surface area contributed by atoms with E-state index in [0.29, 0.717) is 34.9 Å². The molecule has 196 valence electrons. The molecule has 8 nitrogen and oxygen atoms in total. The highest BCUT2D eigenvalue weighted by atomic mass is 35.5. The molecule has 1 atom stereocenters. The third-order valence-corrected chi connectivity index (χ3v) is 6.34. The van der Waals surface area contributed by atoms with Crippen LogP contribution in [0, 0.1) is 0 Å². The van der Waals surface area contributed by atoms with Crippen LogP contribution in [-0.4, -0.2) is 43.1 Å². The van der Waals surface area contributed by atoms with E-state index in [1.54, 1.807) is 55.5 Å². The molecular formula is C29H26ClNO7. The van der Waals surface area contributed by atoms with Crippen LogP contribution < -0.4 is 14.4 Å². The number of rotatable bonds is 8. The lowest BCUT2D eigenvalue weighted by atomic mass is 9.94. The summed E-state index contributed by atoms with van der Waals surface area (Å²) in [6.07, 6.45) is 0. The molecule has 3 aromatic carbocycles. The van der Waals surface area contributed by atoms with Crippen molar-refractivity contribution in [3.63, 3.8) is 0 Å². The van der Waals surface area contributed by atoms with Crippen molar-refractivity contribution in [2.75, 3.05) is 25.2 Å². The summed E-state index contributed by atoms with van der Waals surface area (Å²) in [6, 6.07) is 16.7. The van der Waals surface area contributed by atoms with Crippen LogP contribution in [0.15, 0.2) is 72.3 Å². The van der Waals surface area contributed by atoms with Gasteiger partial charge >= 0.3 is 5.97 Å². The first-order chi connectivity index (χ1) is 18.3. The summed E-state index contributed by atoms with van der Waals surface area (Å²) in [7, 11) is 1.50. The summed E-state index contributed by atoms with van der Waals surface area (Å²) in [5.41, 5.74) is 1.18. The maximum Gasteiger partial charge on any atom is 0.338 e. The zero-order valence-corrected chi connectivity index (χ0v) is 21.8. The van der Waals surface area contributed by atoms with Crippen molar-refractivity contribution in [3.8, 4) is 11.5 Å². The smallest absolute Gasteiger partial charge is 0.338 e. The van der Waals surface area contributed by atoms with Gasteiger partial charge in [-0.15, -0.1) is 0 Å². The third kappa shape index (κ3) is 5.08. The van der Waals surface area contributed by atoms with Gasteiger partial charge in [0.15, 0.2) is 0 Å². The molecule has 0 saturated carbocycles. The number of hydrogen-bond acceptors (Lipinski definition) is 7. The highest BCUT2D eigenvalue weighted by Crippen LogP contribution is 2.44. The Morgan fingerprint density at radius 1 is 0.974 bits per heavy atom. The van der Waals surface area contributed by atoms with E-state index in [2.05, 4.69) is 0 Å². The normalized spacial score (nSPS) is 16.4. The van der Waals surface area contributed by atoms with Crippen molar-refractivity contribution in [2.24, 2.45) is 0 Å². The topological polar surface area (TPSA) is 102 Å². The summed E-state index contributed by atoms with van der Waals surface area (Å²) in [5.74, 6) is -1.73. The van der Waals surface area contributed by atoms with E-state index in [4.69, 9.17) is 25.8 Å². The SMILES string of the molecule is CCOC(=O)c1ccc(N2C(=O)C(=O)/C(=C(/O)c3cc(OCC)ccc3Cl)C2c2cccc(OC)c2)cc1. The molecule has 0 spiro atoms. The van der Waals surface area contributed by atoms with E-state index in [0.717, 1.165) is 0 Å². The van der Waals surface area contributed by atoms with Gasteiger partial charge in [-0.2, -0.15) is 0 Å². The molecule has 9 heteroatoms.